The number of carbonyl (C=O) groups is 2. The van der Waals surface area contributed by atoms with E-state index in [-0.39, 0.29) is 18.4 Å². The molecule has 1 fully saturated rings. The molecule has 2 aliphatic heterocycles. The summed E-state index contributed by atoms with van der Waals surface area (Å²) in [7, 11) is 0. The highest BCUT2D eigenvalue weighted by molar-refractivity contribution is 5.85. The van der Waals surface area contributed by atoms with Crippen molar-refractivity contribution in [3.8, 4) is 11.5 Å². The topological polar surface area (TPSA) is 67.9 Å². The van der Waals surface area contributed by atoms with Crippen molar-refractivity contribution in [1.29, 1.82) is 0 Å². The molecule has 1 spiro atoms. The third-order valence-corrected chi connectivity index (χ3v) is 6.54. The van der Waals surface area contributed by atoms with E-state index >= 15 is 0 Å². The van der Waals surface area contributed by atoms with Crippen molar-refractivity contribution in [3.63, 3.8) is 0 Å². The molecule has 1 atom stereocenters. The molecule has 6 nitrogen and oxygen atoms in total. The fraction of sp³-hybridized carbons (Fsp3) is 0.462. The number of nitrogens with one attached hydrogen (secondary N) is 1. The first-order valence-electron chi connectivity index (χ1n) is 11.7. The van der Waals surface area contributed by atoms with Gasteiger partial charge in [-0.05, 0) is 55.9 Å². The second kappa shape index (κ2) is 10.7. The molecule has 0 radical (unpaired) electrons. The van der Waals surface area contributed by atoms with Gasteiger partial charge in [0.15, 0.2) is 6.61 Å². The number of hydrogen-bond acceptors (Lipinski definition) is 4. The monoisotopic (exact) mass is 454 g/mol. The second-order valence-corrected chi connectivity index (χ2v) is 8.86. The first kappa shape index (κ1) is 23.1. The molecule has 33 heavy (non-hydrogen) atoms. The van der Waals surface area contributed by atoms with Crippen LogP contribution in [0.1, 0.15) is 37.7 Å². The highest BCUT2D eigenvalue weighted by Crippen LogP contribution is 2.36. The van der Waals surface area contributed by atoms with Crippen LogP contribution < -0.4 is 14.8 Å². The quantitative estimate of drug-likeness (QED) is 0.767. The minimum atomic E-state index is -0.606. The van der Waals surface area contributed by atoms with Gasteiger partial charge in [-0.1, -0.05) is 30.7 Å². The molecule has 1 saturated heterocycles. The lowest BCUT2D eigenvalue weighted by Gasteiger charge is -2.42. The molecule has 2 heterocycles. The van der Waals surface area contributed by atoms with Gasteiger partial charge in [0.2, 0.25) is 5.91 Å². The first-order chi connectivity index (χ1) is 16.1. The maximum atomic E-state index is 13.4. The van der Waals surface area contributed by atoms with Gasteiger partial charge in [0.1, 0.15) is 23.9 Å². The number of piperidine rings is 1. The zero-order chi connectivity index (χ0) is 23.1. The molecule has 4 rings (SSSR count). The first-order valence-corrected chi connectivity index (χ1v) is 11.7. The van der Waals surface area contributed by atoms with Crippen molar-refractivity contribution in [3.05, 3.63) is 59.9 Å². The van der Waals surface area contributed by atoms with Crippen molar-refractivity contribution in [2.75, 3.05) is 32.8 Å². The molecule has 0 aromatic heterocycles. The van der Waals surface area contributed by atoms with Gasteiger partial charge in [0.25, 0.3) is 5.91 Å². The Bertz CT molecular complexity index is 982. The Balaban J connectivity index is 1.40. The summed E-state index contributed by atoms with van der Waals surface area (Å²) in [5.41, 5.74) is 0.583. The maximum Gasteiger partial charge on any atom is 0.260 e. The lowest BCUT2D eigenvalue weighted by atomic mass is 9.74. The number of aryl methyl sites for hydroxylation is 1. The summed E-state index contributed by atoms with van der Waals surface area (Å²) in [5.74, 6) is 0.597. The highest BCUT2D eigenvalue weighted by atomic mass is 19.1. The summed E-state index contributed by atoms with van der Waals surface area (Å²) in [5, 5.41) is 3.04. The van der Waals surface area contributed by atoms with E-state index in [0.29, 0.717) is 32.0 Å². The third-order valence-electron chi connectivity index (χ3n) is 6.54. The van der Waals surface area contributed by atoms with Crippen molar-refractivity contribution < 1.29 is 23.5 Å². The van der Waals surface area contributed by atoms with E-state index in [0.717, 1.165) is 44.3 Å². The van der Waals surface area contributed by atoms with Gasteiger partial charge in [-0.3, -0.25) is 9.59 Å². The number of para-hydroxylation sites is 1. The largest absolute Gasteiger partial charge is 0.491 e. The molecule has 176 valence electrons. The number of hydrogen-bond donors (Lipinski definition) is 1. The van der Waals surface area contributed by atoms with Crippen molar-refractivity contribution in [2.24, 2.45) is 5.41 Å². The van der Waals surface area contributed by atoms with Crippen LogP contribution in [0.15, 0.2) is 48.5 Å². The molecular formula is C26H31FN2O4. The number of rotatable bonds is 3. The summed E-state index contributed by atoms with van der Waals surface area (Å²) in [6.45, 7) is 1.62. The Morgan fingerprint density at radius 2 is 1.97 bits per heavy atom. The lowest BCUT2D eigenvalue weighted by molar-refractivity contribution is -0.143. The molecule has 2 aromatic rings. The number of amides is 2. The van der Waals surface area contributed by atoms with E-state index in [1.807, 2.05) is 18.2 Å². The Hall–Kier alpha value is -3.09. The minimum Gasteiger partial charge on any atom is -0.491 e. The molecule has 2 amide bonds. The van der Waals surface area contributed by atoms with Gasteiger partial charge in [-0.25, -0.2) is 4.39 Å². The van der Waals surface area contributed by atoms with E-state index in [4.69, 9.17) is 9.47 Å². The molecule has 0 bridgehead atoms. The average molecular weight is 455 g/mol. The number of likely N-dealkylation sites (tertiary alicyclic amines) is 1. The van der Waals surface area contributed by atoms with Crippen LogP contribution >= 0.6 is 0 Å². The molecular weight excluding hydrogens is 423 g/mol. The highest BCUT2D eigenvalue weighted by Gasteiger charge is 2.42. The molecule has 2 aliphatic rings. The second-order valence-electron chi connectivity index (χ2n) is 8.86. The van der Waals surface area contributed by atoms with Crippen molar-refractivity contribution >= 4 is 11.8 Å². The van der Waals surface area contributed by atoms with Crippen LogP contribution in [0.2, 0.25) is 0 Å². The molecule has 0 aliphatic carbocycles. The Morgan fingerprint density at radius 3 is 2.85 bits per heavy atom. The van der Waals surface area contributed by atoms with Gasteiger partial charge in [0.05, 0.1) is 12.0 Å². The number of carbonyl (C=O) groups excluding carboxylic acids is 2. The Morgan fingerprint density at radius 1 is 1.12 bits per heavy atom. The lowest BCUT2D eigenvalue weighted by Crippen LogP contribution is -2.54. The standard InChI is InChI=1S/C26H31FN2O4/c27-21-9-5-10-22(17-21)33-18-24(30)29-15-6-13-26(19-29)12-4-3-8-20-7-1-2-11-23(20)32-16-14-28-25(26)31/h1-2,5,7,9-11,17H,3-4,6,8,12-16,18-19H2,(H,28,31). The predicted octanol–water partition coefficient (Wildman–Crippen LogP) is 3.73. The number of fused-ring (bicyclic) bond motifs is 1. The van der Waals surface area contributed by atoms with Gasteiger partial charge < -0.3 is 19.7 Å². The number of halogens is 1. The number of ether oxygens (including phenoxy) is 2. The Labute approximate surface area is 194 Å². The summed E-state index contributed by atoms with van der Waals surface area (Å²) in [6.07, 6.45) is 4.99. The fourth-order valence-corrected chi connectivity index (χ4v) is 4.78. The van der Waals surface area contributed by atoms with Crippen LogP contribution in [-0.2, 0) is 16.0 Å². The summed E-state index contributed by atoms with van der Waals surface area (Å²) < 4.78 is 24.8. The van der Waals surface area contributed by atoms with E-state index < -0.39 is 11.2 Å². The molecule has 1 unspecified atom stereocenters. The average Bonchev–Trinajstić information content (AvgIpc) is 2.83. The fourth-order valence-electron chi connectivity index (χ4n) is 4.78. The number of benzene rings is 2. The van der Waals surface area contributed by atoms with Crippen LogP contribution in [0.25, 0.3) is 0 Å². The van der Waals surface area contributed by atoms with Crippen LogP contribution in [0.4, 0.5) is 4.39 Å². The summed E-state index contributed by atoms with van der Waals surface area (Å²) in [6, 6.07) is 13.8. The Kier molecular flexibility index (Phi) is 7.47. The third kappa shape index (κ3) is 5.83. The van der Waals surface area contributed by atoms with Crippen molar-refractivity contribution in [1.82, 2.24) is 10.2 Å². The molecule has 2 aromatic carbocycles. The van der Waals surface area contributed by atoms with Gasteiger partial charge in [-0.15, -0.1) is 0 Å². The van der Waals surface area contributed by atoms with Crippen LogP contribution in [0, 0.1) is 11.2 Å². The zero-order valence-corrected chi connectivity index (χ0v) is 18.9. The van der Waals surface area contributed by atoms with E-state index in [1.165, 1.54) is 17.7 Å². The predicted molar refractivity (Wildman–Crippen MR) is 123 cm³/mol. The van der Waals surface area contributed by atoms with E-state index in [1.54, 1.807) is 17.0 Å². The van der Waals surface area contributed by atoms with Crippen LogP contribution in [0.3, 0.4) is 0 Å². The van der Waals surface area contributed by atoms with Crippen molar-refractivity contribution in [2.45, 2.75) is 38.5 Å². The SMILES string of the molecule is O=C(COc1cccc(F)c1)N1CCCC2(CCCCc3ccccc3OCCNC2=O)C1. The summed E-state index contributed by atoms with van der Waals surface area (Å²) in [4.78, 5) is 27.8. The van der Waals surface area contributed by atoms with E-state index in [2.05, 4.69) is 11.4 Å². The van der Waals surface area contributed by atoms with Gasteiger partial charge >= 0.3 is 0 Å². The van der Waals surface area contributed by atoms with Crippen LogP contribution in [-0.4, -0.2) is 49.6 Å². The molecule has 1 N–H and O–H groups in total. The number of nitrogens with zero attached hydrogens (tertiary/aromatic N) is 1. The molecule has 7 heteroatoms. The van der Waals surface area contributed by atoms with Gasteiger partial charge in [0, 0.05) is 19.2 Å². The maximum absolute atomic E-state index is 13.4. The molecule has 0 saturated carbocycles. The normalized spacial score (nSPS) is 21.7. The zero-order valence-electron chi connectivity index (χ0n) is 18.9. The van der Waals surface area contributed by atoms with Crippen LogP contribution in [0.5, 0.6) is 11.5 Å². The summed E-state index contributed by atoms with van der Waals surface area (Å²) >= 11 is 0. The minimum absolute atomic E-state index is 0.0106. The van der Waals surface area contributed by atoms with Gasteiger partial charge in [-0.2, -0.15) is 0 Å². The smallest absolute Gasteiger partial charge is 0.260 e. The van der Waals surface area contributed by atoms with E-state index in [9.17, 15) is 14.0 Å².